The summed E-state index contributed by atoms with van der Waals surface area (Å²) >= 11 is 0. The average molecular weight is 422 g/mol. The number of hydrogen-bond acceptors (Lipinski definition) is 8. The first-order chi connectivity index (χ1) is 14.0. The first kappa shape index (κ1) is 23.1. The zero-order valence-electron chi connectivity index (χ0n) is 17.4. The molecule has 0 spiro atoms. The summed E-state index contributed by atoms with van der Waals surface area (Å²) in [5.41, 5.74) is -0.777. The van der Waals surface area contributed by atoms with Crippen LogP contribution in [-0.2, 0) is 19.0 Å². The normalized spacial score (nSPS) is 21.3. The third-order valence-corrected chi connectivity index (χ3v) is 4.60. The predicted octanol–water partition coefficient (Wildman–Crippen LogP) is 2.99. The van der Waals surface area contributed by atoms with Gasteiger partial charge < -0.3 is 19.5 Å². The van der Waals surface area contributed by atoms with Crippen LogP contribution in [0.25, 0.3) is 0 Å². The zero-order chi connectivity index (χ0) is 22.5. The van der Waals surface area contributed by atoms with Crippen LogP contribution in [0.5, 0.6) is 0 Å². The fourth-order valence-electron chi connectivity index (χ4n) is 3.27. The molecular formula is C20H26N2O8. The van der Waals surface area contributed by atoms with Gasteiger partial charge in [-0.15, -0.1) is 0 Å². The number of nitrogens with zero attached hydrogens (tertiary/aromatic N) is 1. The quantitative estimate of drug-likeness (QED) is 0.331. The molecule has 164 valence electrons. The number of alkyl carbamates (subject to hydrolysis) is 1. The number of nitro groups is 1. The summed E-state index contributed by atoms with van der Waals surface area (Å²) in [4.78, 5) is 47.3. The van der Waals surface area contributed by atoms with Crippen LogP contribution in [0.3, 0.4) is 0 Å². The highest BCUT2D eigenvalue weighted by atomic mass is 16.6. The number of methoxy groups -OCH3 is 1. The number of carbonyl (C=O) groups is 3. The number of esters is 2. The van der Waals surface area contributed by atoms with Gasteiger partial charge in [0.15, 0.2) is 0 Å². The molecule has 0 aliphatic heterocycles. The number of nitro benzene ring substituents is 1. The van der Waals surface area contributed by atoms with Crippen molar-refractivity contribution in [3.05, 3.63) is 39.9 Å². The van der Waals surface area contributed by atoms with Crippen LogP contribution < -0.4 is 5.32 Å². The van der Waals surface area contributed by atoms with Crippen molar-refractivity contribution in [3.8, 4) is 0 Å². The van der Waals surface area contributed by atoms with Crippen LogP contribution in [-0.4, -0.2) is 47.8 Å². The van der Waals surface area contributed by atoms with Gasteiger partial charge >= 0.3 is 18.0 Å². The molecule has 0 heterocycles. The van der Waals surface area contributed by atoms with Crippen molar-refractivity contribution in [2.24, 2.45) is 5.92 Å². The minimum absolute atomic E-state index is 0.122. The molecule has 30 heavy (non-hydrogen) atoms. The van der Waals surface area contributed by atoms with Gasteiger partial charge in [0, 0.05) is 12.1 Å². The summed E-state index contributed by atoms with van der Waals surface area (Å²) in [7, 11) is 1.25. The summed E-state index contributed by atoms with van der Waals surface area (Å²) in [5, 5.41) is 13.4. The first-order valence-electron chi connectivity index (χ1n) is 9.54. The van der Waals surface area contributed by atoms with Crippen LogP contribution in [0.1, 0.15) is 50.4 Å². The Balaban J connectivity index is 2.18. The lowest BCUT2D eigenvalue weighted by atomic mass is 9.82. The van der Waals surface area contributed by atoms with Gasteiger partial charge in [-0.3, -0.25) is 14.9 Å². The van der Waals surface area contributed by atoms with Gasteiger partial charge in [-0.25, -0.2) is 9.59 Å². The molecule has 1 amide bonds. The zero-order valence-corrected chi connectivity index (χ0v) is 17.4. The van der Waals surface area contributed by atoms with E-state index in [0.29, 0.717) is 19.3 Å². The Morgan fingerprint density at radius 2 is 1.77 bits per heavy atom. The average Bonchev–Trinajstić information content (AvgIpc) is 2.67. The van der Waals surface area contributed by atoms with Crippen molar-refractivity contribution < 1.29 is 33.5 Å². The van der Waals surface area contributed by atoms with Gasteiger partial charge in [-0.1, -0.05) is 0 Å². The Morgan fingerprint density at radius 3 is 2.30 bits per heavy atom. The summed E-state index contributed by atoms with van der Waals surface area (Å²) < 4.78 is 15.7. The number of rotatable bonds is 5. The van der Waals surface area contributed by atoms with Gasteiger partial charge in [0.2, 0.25) is 0 Å². The van der Waals surface area contributed by atoms with Gasteiger partial charge in [0.05, 0.1) is 29.6 Å². The summed E-state index contributed by atoms with van der Waals surface area (Å²) in [5.74, 6) is -1.94. The fraction of sp³-hybridized carbons (Fsp3) is 0.550. The number of carbonyl (C=O) groups excluding carboxylic acids is 3. The van der Waals surface area contributed by atoms with E-state index in [9.17, 15) is 24.5 Å². The molecule has 0 radical (unpaired) electrons. The predicted molar refractivity (Wildman–Crippen MR) is 105 cm³/mol. The second kappa shape index (κ2) is 9.55. The van der Waals surface area contributed by atoms with E-state index in [0.717, 1.165) is 0 Å². The topological polar surface area (TPSA) is 134 Å². The summed E-state index contributed by atoms with van der Waals surface area (Å²) in [6.45, 7) is 5.12. The van der Waals surface area contributed by atoms with Crippen LogP contribution in [0, 0.1) is 16.0 Å². The maximum absolute atomic E-state index is 12.5. The molecule has 1 aromatic carbocycles. The van der Waals surface area contributed by atoms with E-state index in [-0.39, 0.29) is 11.3 Å². The smallest absolute Gasteiger partial charge is 0.408 e. The van der Waals surface area contributed by atoms with Crippen molar-refractivity contribution in [2.75, 3.05) is 7.11 Å². The first-order valence-corrected chi connectivity index (χ1v) is 9.54. The number of amides is 1. The molecule has 0 unspecified atom stereocenters. The molecule has 1 aromatic rings. The Labute approximate surface area is 174 Å². The second-order valence-electron chi connectivity index (χ2n) is 7.98. The van der Waals surface area contributed by atoms with Crippen LogP contribution >= 0.6 is 0 Å². The van der Waals surface area contributed by atoms with Gasteiger partial charge in [0.25, 0.3) is 5.69 Å². The monoisotopic (exact) mass is 422 g/mol. The second-order valence-corrected chi connectivity index (χ2v) is 7.98. The van der Waals surface area contributed by atoms with Crippen molar-refractivity contribution in [1.29, 1.82) is 0 Å². The lowest BCUT2D eigenvalue weighted by molar-refractivity contribution is -0.384. The Hall–Kier alpha value is -3.17. The standard InChI is InChI=1S/C20H26N2O8/c1-20(2,3)30-19(25)21-16-14(18(24)28-4)6-5-7-15(16)29-17(23)12-8-10-13(11-9-12)22(26)27/h8-11,14-16H,5-7H2,1-4H3,(H,21,25)/t14-,15+,16+/m0/s1. The molecule has 1 aliphatic carbocycles. The molecule has 0 saturated heterocycles. The van der Waals surface area contributed by atoms with Gasteiger partial charge in [-0.2, -0.15) is 0 Å². The van der Waals surface area contributed by atoms with E-state index in [1.165, 1.54) is 31.4 Å². The molecule has 3 atom stereocenters. The maximum atomic E-state index is 12.5. The highest BCUT2D eigenvalue weighted by Gasteiger charge is 2.42. The number of benzene rings is 1. The number of hydrogen-bond donors (Lipinski definition) is 1. The molecular weight excluding hydrogens is 396 g/mol. The van der Waals surface area contributed by atoms with Gasteiger partial charge in [0.1, 0.15) is 11.7 Å². The molecule has 1 aliphatic rings. The fourth-order valence-corrected chi connectivity index (χ4v) is 3.27. The van der Waals surface area contributed by atoms with E-state index < -0.39 is 46.6 Å². The summed E-state index contributed by atoms with van der Waals surface area (Å²) in [6.07, 6.45) is -0.0617. The molecule has 2 rings (SSSR count). The third-order valence-electron chi connectivity index (χ3n) is 4.60. The molecule has 1 N–H and O–H groups in total. The van der Waals surface area contributed by atoms with E-state index in [1.54, 1.807) is 20.8 Å². The van der Waals surface area contributed by atoms with E-state index >= 15 is 0 Å². The van der Waals surface area contributed by atoms with Crippen molar-refractivity contribution in [3.63, 3.8) is 0 Å². The molecule has 0 bridgehead atoms. The number of nitrogens with one attached hydrogen (secondary N) is 1. The van der Waals surface area contributed by atoms with E-state index in [2.05, 4.69) is 5.32 Å². The largest absolute Gasteiger partial charge is 0.469 e. The Morgan fingerprint density at radius 1 is 1.13 bits per heavy atom. The lowest BCUT2D eigenvalue weighted by Gasteiger charge is -2.36. The minimum Gasteiger partial charge on any atom is -0.469 e. The van der Waals surface area contributed by atoms with Crippen LogP contribution in [0.4, 0.5) is 10.5 Å². The number of ether oxygens (including phenoxy) is 3. The molecule has 0 aromatic heterocycles. The number of non-ortho nitro benzene ring substituents is 1. The van der Waals surface area contributed by atoms with Crippen molar-refractivity contribution >= 4 is 23.7 Å². The van der Waals surface area contributed by atoms with E-state index in [1.807, 2.05) is 0 Å². The van der Waals surface area contributed by atoms with Crippen LogP contribution in [0.15, 0.2) is 24.3 Å². The highest BCUT2D eigenvalue weighted by Crippen LogP contribution is 2.29. The molecule has 10 nitrogen and oxygen atoms in total. The van der Waals surface area contributed by atoms with Crippen molar-refractivity contribution in [2.45, 2.75) is 57.8 Å². The SMILES string of the molecule is COC(=O)[C@H]1CCC[C@@H](OC(=O)c2ccc([N+](=O)[O-])cc2)[C@@H]1NC(=O)OC(C)(C)C. The highest BCUT2D eigenvalue weighted by molar-refractivity contribution is 5.90. The van der Waals surface area contributed by atoms with Crippen LogP contribution in [0.2, 0.25) is 0 Å². The van der Waals surface area contributed by atoms with Gasteiger partial charge in [-0.05, 0) is 52.2 Å². The summed E-state index contributed by atoms with van der Waals surface area (Å²) in [6, 6.07) is 4.15. The Kier molecular flexibility index (Phi) is 7.36. The maximum Gasteiger partial charge on any atom is 0.408 e. The van der Waals surface area contributed by atoms with Crippen molar-refractivity contribution in [1.82, 2.24) is 5.32 Å². The Bertz CT molecular complexity index is 800. The molecule has 1 saturated carbocycles. The minimum atomic E-state index is -0.831. The third kappa shape index (κ3) is 6.16. The van der Waals surface area contributed by atoms with E-state index in [4.69, 9.17) is 14.2 Å². The molecule has 10 heteroatoms. The molecule has 1 fully saturated rings. The lowest BCUT2D eigenvalue weighted by Crippen LogP contribution is -2.55.